The van der Waals surface area contributed by atoms with Crippen molar-refractivity contribution in [2.75, 3.05) is 26.4 Å². The van der Waals surface area contributed by atoms with Crippen LogP contribution in [0.5, 0.6) is 11.5 Å². The molecule has 2 saturated heterocycles. The largest absolute Gasteiger partial charge is 2.00 e. The predicted molar refractivity (Wildman–Crippen MR) is 87.8 cm³/mol. The van der Waals surface area contributed by atoms with Crippen molar-refractivity contribution in [1.82, 2.24) is 0 Å². The first-order valence-corrected chi connectivity index (χ1v) is 7.31. The molecule has 2 aliphatic heterocycles. The van der Waals surface area contributed by atoms with E-state index in [1.54, 1.807) is 0 Å². The number of ether oxygens (including phenoxy) is 4. The van der Waals surface area contributed by atoms with Crippen LogP contribution in [0.1, 0.15) is 7.43 Å². The van der Waals surface area contributed by atoms with Crippen molar-refractivity contribution in [3.8, 4) is 11.5 Å². The van der Waals surface area contributed by atoms with Gasteiger partial charge in [0.1, 0.15) is 25.4 Å². The normalized spacial score (nSPS) is 19.5. The van der Waals surface area contributed by atoms with E-state index in [9.17, 15) is 0 Å². The Labute approximate surface area is 156 Å². The third kappa shape index (κ3) is 8.41. The number of hydrogen-bond donors (Lipinski definition) is 0. The molecule has 2 unspecified atom stereocenters. The summed E-state index contributed by atoms with van der Waals surface area (Å²) in [6.07, 6.45) is 0.665. The Kier molecular flexibility index (Phi) is 9.57. The summed E-state index contributed by atoms with van der Waals surface area (Å²) in [5, 5.41) is 0. The standard InChI is InChI=1S/2C9H9O2.CH4.V/c2*1-2-4-8(5-3-1)10-6-9-7-11-9;;/h2*2-5,9H,6-7H2;1H4;/q2*-1;;+2. The van der Waals surface area contributed by atoms with E-state index in [0.29, 0.717) is 25.4 Å². The third-order valence-electron chi connectivity index (χ3n) is 3.05. The number of benzene rings is 2. The van der Waals surface area contributed by atoms with Gasteiger partial charge in [0.05, 0.1) is 13.2 Å². The second kappa shape index (κ2) is 11.2. The second-order valence-corrected chi connectivity index (χ2v) is 5.00. The molecule has 4 rings (SSSR count). The Morgan fingerprint density at radius 1 is 0.792 bits per heavy atom. The Morgan fingerprint density at radius 3 is 1.42 bits per heavy atom. The quantitative estimate of drug-likeness (QED) is 0.583. The van der Waals surface area contributed by atoms with Gasteiger partial charge in [-0.25, -0.2) is 0 Å². The van der Waals surface area contributed by atoms with Crippen molar-refractivity contribution in [1.29, 1.82) is 0 Å². The van der Waals surface area contributed by atoms with Gasteiger partial charge < -0.3 is 18.9 Å². The number of hydrogen-bond acceptors (Lipinski definition) is 4. The molecule has 0 N–H and O–H groups in total. The van der Waals surface area contributed by atoms with Gasteiger partial charge in [0, 0.05) is 11.5 Å². The van der Waals surface area contributed by atoms with Crippen LogP contribution in [0.2, 0.25) is 0 Å². The molecule has 0 amide bonds. The minimum absolute atomic E-state index is 0. The van der Waals surface area contributed by atoms with E-state index in [0.717, 1.165) is 24.7 Å². The fourth-order valence-electron chi connectivity index (χ4n) is 1.64. The second-order valence-electron chi connectivity index (χ2n) is 5.00. The number of rotatable bonds is 6. The molecule has 0 spiro atoms. The van der Waals surface area contributed by atoms with E-state index in [4.69, 9.17) is 18.9 Å². The van der Waals surface area contributed by atoms with Gasteiger partial charge in [-0.3, -0.25) is 0 Å². The zero-order chi connectivity index (χ0) is 15.0. The number of epoxide rings is 2. The molecule has 0 aliphatic carbocycles. The Bertz CT molecular complexity index is 490. The van der Waals surface area contributed by atoms with Crippen molar-refractivity contribution in [2.45, 2.75) is 19.6 Å². The van der Waals surface area contributed by atoms with Crippen molar-refractivity contribution < 1.29 is 37.5 Å². The van der Waals surface area contributed by atoms with Crippen LogP contribution in [0.15, 0.2) is 48.5 Å². The Balaban J connectivity index is 0.000000222. The van der Waals surface area contributed by atoms with Gasteiger partial charge in [0.25, 0.3) is 0 Å². The van der Waals surface area contributed by atoms with Gasteiger partial charge in [0.2, 0.25) is 0 Å². The predicted octanol–water partition coefficient (Wildman–Crippen LogP) is 3.16. The zero-order valence-corrected chi connectivity index (χ0v) is 14.1. The van der Waals surface area contributed by atoms with Crippen LogP contribution in [0.3, 0.4) is 0 Å². The van der Waals surface area contributed by atoms with Crippen LogP contribution >= 0.6 is 0 Å². The van der Waals surface area contributed by atoms with E-state index in [-0.39, 0.29) is 26.0 Å². The molecule has 2 aliphatic rings. The van der Waals surface area contributed by atoms with E-state index in [1.807, 2.05) is 48.5 Å². The molecule has 4 nitrogen and oxygen atoms in total. The van der Waals surface area contributed by atoms with E-state index < -0.39 is 0 Å². The average molecular weight is 365 g/mol. The summed E-state index contributed by atoms with van der Waals surface area (Å²) >= 11 is 0. The zero-order valence-electron chi connectivity index (χ0n) is 12.7. The summed E-state index contributed by atoms with van der Waals surface area (Å²) in [5.41, 5.74) is 0. The van der Waals surface area contributed by atoms with E-state index in [1.165, 1.54) is 0 Å². The van der Waals surface area contributed by atoms with Crippen LogP contribution in [0, 0.1) is 12.1 Å². The first-order chi connectivity index (χ1) is 10.9. The topological polar surface area (TPSA) is 43.5 Å². The van der Waals surface area contributed by atoms with Gasteiger partial charge in [-0.2, -0.15) is 36.4 Å². The molecule has 2 aromatic carbocycles. The minimum Gasteiger partial charge on any atom is -0.516 e. The van der Waals surface area contributed by atoms with Gasteiger partial charge in [-0.15, -0.1) is 24.3 Å². The van der Waals surface area contributed by atoms with Crippen LogP contribution in [0.25, 0.3) is 0 Å². The molecular formula is C19H22O4V. The first kappa shape index (κ1) is 20.6. The summed E-state index contributed by atoms with van der Waals surface area (Å²) in [6.45, 7) is 3.03. The summed E-state index contributed by atoms with van der Waals surface area (Å²) in [4.78, 5) is 0. The van der Waals surface area contributed by atoms with Gasteiger partial charge in [-0.05, 0) is 0 Å². The van der Waals surface area contributed by atoms with Gasteiger partial charge in [0.15, 0.2) is 0 Å². The molecule has 2 atom stereocenters. The molecule has 2 heterocycles. The molecule has 2 fully saturated rings. The van der Waals surface area contributed by atoms with E-state index in [2.05, 4.69) is 12.1 Å². The Morgan fingerprint density at radius 2 is 1.12 bits per heavy atom. The summed E-state index contributed by atoms with van der Waals surface area (Å²) in [7, 11) is 0. The van der Waals surface area contributed by atoms with Gasteiger partial charge >= 0.3 is 18.6 Å². The van der Waals surface area contributed by atoms with Crippen LogP contribution in [-0.4, -0.2) is 38.6 Å². The van der Waals surface area contributed by atoms with Crippen molar-refractivity contribution in [3.05, 3.63) is 60.7 Å². The maximum atomic E-state index is 5.38. The maximum Gasteiger partial charge on any atom is 2.00 e. The summed E-state index contributed by atoms with van der Waals surface area (Å²) in [6, 6.07) is 20.8. The van der Waals surface area contributed by atoms with Crippen molar-refractivity contribution in [2.24, 2.45) is 0 Å². The fourth-order valence-corrected chi connectivity index (χ4v) is 1.64. The third-order valence-corrected chi connectivity index (χ3v) is 3.05. The molecule has 5 heteroatoms. The molecule has 0 aromatic heterocycles. The summed E-state index contributed by atoms with van der Waals surface area (Å²) < 4.78 is 20.8. The molecule has 0 bridgehead atoms. The van der Waals surface area contributed by atoms with Crippen molar-refractivity contribution in [3.63, 3.8) is 0 Å². The van der Waals surface area contributed by atoms with E-state index >= 15 is 0 Å². The molecule has 2 aromatic rings. The molecule has 127 valence electrons. The molecule has 0 saturated carbocycles. The fraction of sp³-hybridized carbons (Fsp3) is 0.368. The Hall–Kier alpha value is -1.46. The maximum absolute atomic E-state index is 5.38. The molecule has 1 radical (unpaired) electrons. The van der Waals surface area contributed by atoms with Crippen LogP contribution < -0.4 is 9.47 Å². The monoisotopic (exact) mass is 365 g/mol. The van der Waals surface area contributed by atoms with Crippen LogP contribution in [0.4, 0.5) is 0 Å². The first-order valence-electron chi connectivity index (χ1n) is 7.31. The molecule has 24 heavy (non-hydrogen) atoms. The SMILES string of the molecule is C.[V+2].[c-]1ccc(OCC2CO2)cc1.[c-]1ccc(OCC2CO2)cc1. The smallest absolute Gasteiger partial charge is 0.516 e. The summed E-state index contributed by atoms with van der Waals surface area (Å²) in [5.74, 6) is 1.78. The average Bonchev–Trinajstić information content (AvgIpc) is 3.49. The van der Waals surface area contributed by atoms with Crippen molar-refractivity contribution >= 4 is 0 Å². The minimum atomic E-state index is 0. The van der Waals surface area contributed by atoms with Gasteiger partial charge in [-0.1, -0.05) is 7.43 Å². The van der Waals surface area contributed by atoms with Crippen LogP contribution in [-0.2, 0) is 28.0 Å². The molecular weight excluding hydrogens is 343 g/mol.